The molecule has 0 spiro atoms. The van der Waals surface area contributed by atoms with Crippen molar-refractivity contribution in [1.29, 1.82) is 5.26 Å². The van der Waals surface area contributed by atoms with Crippen LogP contribution in [0.15, 0.2) is 72.4 Å². The average molecular weight is 516 g/mol. The van der Waals surface area contributed by atoms with Crippen LogP contribution < -0.4 is 0 Å². The molecule has 1 amide bonds. The van der Waals surface area contributed by atoms with Gasteiger partial charge in [0.2, 0.25) is 5.91 Å². The second-order valence-corrected chi connectivity index (χ2v) is 9.88. The van der Waals surface area contributed by atoms with Crippen molar-refractivity contribution < 1.29 is 18.4 Å². The molecule has 7 nitrogen and oxygen atoms in total. The molecule has 1 unspecified atom stereocenters. The monoisotopic (exact) mass is 515 g/mol. The quantitative estimate of drug-likeness (QED) is 0.512. The van der Waals surface area contributed by atoms with E-state index in [4.69, 9.17) is 5.26 Å². The predicted octanol–water partition coefficient (Wildman–Crippen LogP) is 4.86. The number of fused-ring (bicyclic) bond motifs is 2. The Morgan fingerprint density at radius 3 is 2.84 bits per heavy atom. The number of carbonyl (C=O) groups is 2. The number of aromatic nitrogens is 1. The van der Waals surface area contributed by atoms with E-state index in [1.807, 2.05) is 50.6 Å². The smallest absolute Gasteiger partial charge is 0.268 e. The molecule has 0 N–H and O–H groups in total. The van der Waals surface area contributed by atoms with Gasteiger partial charge in [0.05, 0.1) is 18.1 Å². The Morgan fingerprint density at radius 2 is 2.05 bits per heavy atom. The van der Waals surface area contributed by atoms with E-state index in [1.165, 1.54) is 0 Å². The second-order valence-electron chi connectivity index (χ2n) is 9.88. The van der Waals surface area contributed by atoms with Gasteiger partial charge >= 0.3 is 0 Å². The van der Waals surface area contributed by atoms with E-state index in [9.17, 15) is 18.4 Å². The molecule has 9 heteroatoms. The Morgan fingerprint density at radius 1 is 1.24 bits per heavy atom. The lowest BCUT2D eigenvalue weighted by molar-refractivity contribution is -0.132. The molecule has 4 heterocycles. The van der Waals surface area contributed by atoms with Crippen LogP contribution in [0.3, 0.4) is 0 Å². The minimum atomic E-state index is -3.09. The summed E-state index contributed by atoms with van der Waals surface area (Å²) >= 11 is 0. The lowest BCUT2D eigenvalue weighted by Gasteiger charge is -2.28. The van der Waals surface area contributed by atoms with Gasteiger partial charge in [0, 0.05) is 62.1 Å². The molecule has 1 fully saturated rings. The fraction of sp³-hybridized carbons (Fsp3) is 0.310. The van der Waals surface area contributed by atoms with Gasteiger partial charge in [0.15, 0.2) is 5.78 Å². The number of hydrogen-bond acceptors (Lipinski definition) is 6. The number of pyridine rings is 1. The highest BCUT2D eigenvalue weighted by Crippen LogP contribution is 2.32. The molecule has 194 valence electrons. The maximum absolute atomic E-state index is 13.7. The first-order chi connectivity index (χ1) is 18.1. The van der Waals surface area contributed by atoms with Crippen molar-refractivity contribution in [3.63, 3.8) is 0 Å². The molecule has 38 heavy (non-hydrogen) atoms. The first-order valence-electron chi connectivity index (χ1n) is 12.4. The number of Topliss-reactive ketones (excluding diaryl/α,β-unsaturated/α-hetero) is 1. The van der Waals surface area contributed by atoms with Gasteiger partial charge in [0.1, 0.15) is 12.2 Å². The minimum absolute atomic E-state index is 0.145. The number of halogens is 2. The summed E-state index contributed by atoms with van der Waals surface area (Å²) in [4.78, 5) is 35.2. The highest BCUT2D eigenvalue weighted by molar-refractivity contribution is 6.08. The van der Waals surface area contributed by atoms with E-state index in [2.05, 4.69) is 33.1 Å². The number of rotatable bonds is 6. The molecule has 1 aromatic carbocycles. The zero-order chi connectivity index (χ0) is 27.0. The molecular formula is C29H27F2N5O2. The summed E-state index contributed by atoms with van der Waals surface area (Å²) in [5.74, 6) is -3.98. The predicted molar refractivity (Wildman–Crippen MR) is 139 cm³/mol. The van der Waals surface area contributed by atoms with Gasteiger partial charge in [-0.3, -0.25) is 14.6 Å². The number of ketones is 1. The summed E-state index contributed by atoms with van der Waals surface area (Å²) < 4.78 is 27.4. The standard InChI is InChI=1S/C29H27F2N5O2/c1-19(21-4-7-27-34(2)11-12-35(27)17-21)13-20-3-5-25-24(14-20)23(9-10-33-25)26(37)6-8-28(38)36-18-29(30,31)15-22(36)16-32/h3-5,7,9-14,17,22,27H,6,8,15,18H2,1-2H3/b19-13+/t22-,27?/m0/s1. The summed E-state index contributed by atoms with van der Waals surface area (Å²) in [5.41, 5.74) is 4.09. The first kappa shape index (κ1) is 25.3. The number of benzene rings is 1. The van der Waals surface area contributed by atoms with Crippen LogP contribution in [0.4, 0.5) is 8.78 Å². The fourth-order valence-corrected chi connectivity index (χ4v) is 5.07. The molecule has 3 aliphatic heterocycles. The molecule has 0 aliphatic carbocycles. The summed E-state index contributed by atoms with van der Waals surface area (Å²) in [7, 11) is 2.03. The maximum Gasteiger partial charge on any atom is 0.268 e. The van der Waals surface area contributed by atoms with Crippen LogP contribution in [0.2, 0.25) is 0 Å². The number of amides is 1. The Hall–Kier alpha value is -4.32. The normalized spacial score (nSPS) is 22.0. The van der Waals surface area contributed by atoms with Crippen molar-refractivity contribution in [2.75, 3.05) is 13.6 Å². The lowest BCUT2D eigenvalue weighted by atomic mass is 9.98. The minimum Gasteiger partial charge on any atom is -0.356 e. The Bertz CT molecular complexity index is 1470. The molecule has 0 bridgehead atoms. The number of likely N-dealkylation sites (tertiary alicyclic amines) is 1. The van der Waals surface area contributed by atoms with Crippen LogP contribution in [0, 0.1) is 11.3 Å². The van der Waals surface area contributed by atoms with E-state index in [0.717, 1.165) is 21.6 Å². The molecular weight excluding hydrogens is 488 g/mol. The first-order valence-corrected chi connectivity index (χ1v) is 12.4. The zero-order valence-electron chi connectivity index (χ0n) is 21.1. The molecule has 2 aromatic rings. The van der Waals surface area contributed by atoms with E-state index in [-0.39, 0.29) is 24.8 Å². The third-order valence-electron chi connectivity index (χ3n) is 7.14. The van der Waals surface area contributed by atoms with E-state index in [0.29, 0.717) is 16.5 Å². The van der Waals surface area contributed by atoms with Crippen molar-refractivity contribution in [3.05, 3.63) is 83.5 Å². The Kier molecular flexibility index (Phi) is 6.57. The number of nitrogens with zero attached hydrogens (tertiary/aromatic N) is 5. The number of carbonyl (C=O) groups excluding carboxylic acids is 2. The molecule has 5 rings (SSSR count). The van der Waals surface area contributed by atoms with Crippen LogP contribution in [-0.2, 0) is 4.79 Å². The highest BCUT2D eigenvalue weighted by Gasteiger charge is 2.47. The number of hydrogen-bond donors (Lipinski definition) is 0. The van der Waals surface area contributed by atoms with Crippen LogP contribution in [0.5, 0.6) is 0 Å². The van der Waals surface area contributed by atoms with Gasteiger partial charge in [-0.05, 0) is 47.9 Å². The van der Waals surface area contributed by atoms with Crippen LogP contribution in [0.1, 0.15) is 42.1 Å². The number of alkyl halides is 2. The van der Waals surface area contributed by atoms with Gasteiger partial charge in [-0.25, -0.2) is 8.78 Å². The largest absolute Gasteiger partial charge is 0.356 e. The summed E-state index contributed by atoms with van der Waals surface area (Å²) in [6.45, 7) is 1.24. The Labute approximate surface area is 219 Å². The number of nitriles is 1. The lowest BCUT2D eigenvalue weighted by Crippen LogP contribution is -2.36. The second kappa shape index (κ2) is 9.86. The van der Waals surface area contributed by atoms with Gasteiger partial charge in [-0.1, -0.05) is 18.2 Å². The molecule has 0 saturated carbocycles. The third-order valence-corrected chi connectivity index (χ3v) is 7.14. The summed E-state index contributed by atoms with van der Waals surface area (Å²) in [5, 5.41) is 9.80. The topological polar surface area (TPSA) is 80.5 Å². The molecule has 0 radical (unpaired) electrons. The van der Waals surface area contributed by atoms with Gasteiger partial charge in [-0.2, -0.15) is 5.26 Å². The van der Waals surface area contributed by atoms with Crippen molar-refractivity contribution in [2.24, 2.45) is 0 Å². The van der Waals surface area contributed by atoms with E-state index >= 15 is 0 Å². The van der Waals surface area contributed by atoms with Gasteiger partial charge in [0.25, 0.3) is 5.92 Å². The van der Waals surface area contributed by atoms with Crippen LogP contribution in [0.25, 0.3) is 17.0 Å². The molecule has 3 aliphatic rings. The fourth-order valence-electron chi connectivity index (χ4n) is 5.07. The van der Waals surface area contributed by atoms with Crippen molar-refractivity contribution >= 4 is 28.7 Å². The van der Waals surface area contributed by atoms with E-state index in [1.54, 1.807) is 18.3 Å². The SMILES string of the molecule is C/C(=C\c1ccc2nccc(C(=O)CCC(=O)N3CC(F)(F)C[C@H]3C#N)c2c1)C1=CN2C=CN(C)C2C=C1. The number of likely N-dealkylation sites (N-methyl/N-ethyl adjacent to an activating group) is 1. The van der Waals surface area contributed by atoms with Crippen LogP contribution >= 0.6 is 0 Å². The van der Waals surface area contributed by atoms with E-state index < -0.39 is 30.8 Å². The van der Waals surface area contributed by atoms with Crippen molar-refractivity contribution in [2.45, 2.75) is 44.3 Å². The summed E-state index contributed by atoms with van der Waals surface area (Å²) in [6.07, 6.45) is 13.1. The number of allylic oxidation sites excluding steroid dienone is 3. The summed E-state index contributed by atoms with van der Waals surface area (Å²) in [6, 6.07) is 7.88. The van der Waals surface area contributed by atoms with Gasteiger partial charge < -0.3 is 14.7 Å². The van der Waals surface area contributed by atoms with Gasteiger partial charge in [-0.15, -0.1) is 0 Å². The van der Waals surface area contributed by atoms with Crippen molar-refractivity contribution in [3.8, 4) is 6.07 Å². The van der Waals surface area contributed by atoms with Crippen molar-refractivity contribution in [1.82, 2.24) is 19.7 Å². The molecule has 2 atom stereocenters. The highest BCUT2D eigenvalue weighted by atomic mass is 19.3. The molecule has 1 aromatic heterocycles. The maximum atomic E-state index is 13.7. The molecule has 1 saturated heterocycles. The Balaban J connectivity index is 1.33. The third kappa shape index (κ3) is 4.94. The average Bonchev–Trinajstić information content (AvgIpc) is 3.44. The van der Waals surface area contributed by atoms with Crippen LogP contribution in [-0.4, -0.2) is 63.1 Å². The zero-order valence-corrected chi connectivity index (χ0v) is 21.1.